The van der Waals surface area contributed by atoms with Gasteiger partial charge in [-0.05, 0) is 101 Å². The van der Waals surface area contributed by atoms with Crippen LogP contribution in [0, 0.1) is 38.5 Å². The molecule has 1 heterocycles. The van der Waals surface area contributed by atoms with Gasteiger partial charge >= 0.3 is 11.9 Å². The van der Waals surface area contributed by atoms with Gasteiger partial charge in [0.1, 0.15) is 23.7 Å². The SMILES string of the molecule is Cc1c(C)c2c(c(C)c1OC(=O)CCCCCCCCC(=O)OCCO)CCC(C)(CCCC(C)CCCC(C)CCCC(C)C)O2. The second kappa shape index (κ2) is 21.8. The smallest absolute Gasteiger partial charge is 0.311 e. The average Bonchev–Trinajstić information content (AvgIpc) is 3.02. The molecular formula is C41H70O6. The molecule has 3 unspecified atom stereocenters. The fourth-order valence-electron chi connectivity index (χ4n) is 7.06. The number of ether oxygens (including phenoxy) is 3. The first kappa shape index (κ1) is 41.1. The number of unbranched alkanes of at least 4 members (excludes halogenated alkanes) is 5. The van der Waals surface area contributed by atoms with Gasteiger partial charge in [0.05, 0.1) is 6.61 Å². The molecule has 0 radical (unpaired) electrons. The van der Waals surface area contributed by atoms with Crippen molar-refractivity contribution in [3.63, 3.8) is 0 Å². The number of esters is 2. The molecule has 0 amide bonds. The molecule has 1 aliphatic heterocycles. The second-order valence-electron chi connectivity index (χ2n) is 15.5. The van der Waals surface area contributed by atoms with Gasteiger partial charge in [-0.2, -0.15) is 0 Å². The zero-order chi connectivity index (χ0) is 34.8. The Morgan fingerprint density at radius 3 is 1.89 bits per heavy atom. The molecule has 1 aliphatic rings. The van der Waals surface area contributed by atoms with Gasteiger partial charge in [0.15, 0.2) is 0 Å². The van der Waals surface area contributed by atoms with Gasteiger partial charge in [-0.15, -0.1) is 0 Å². The van der Waals surface area contributed by atoms with E-state index in [1.54, 1.807) is 0 Å². The van der Waals surface area contributed by atoms with Crippen molar-refractivity contribution in [3.8, 4) is 11.5 Å². The first-order valence-electron chi connectivity index (χ1n) is 19.2. The lowest BCUT2D eigenvalue weighted by atomic mass is 9.83. The highest BCUT2D eigenvalue weighted by Gasteiger charge is 2.34. The Labute approximate surface area is 288 Å². The van der Waals surface area contributed by atoms with Crippen molar-refractivity contribution in [3.05, 3.63) is 22.3 Å². The molecule has 0 fully saturated rings. The van der Waals surface area contributed by atoms with E-state index in [0.717, 1.165) is 104 Å². The molecule has 6 nitrogen and oxygen atoms in total. The summed E-state index contributed by atoms with van der Waals surface area (Å²) in [6.07, 6.45) is 20.0. The molecule has 47 heavy (non-hydrogen) atoms. The molecule has 0 saturated carbocycles. The van der Waals surface area contributed by atoms with Gasteiger partial charge < -0.3 is 19.3 Å². The van der Waals surface area contributed by atoms with Crippen LogP contribution in [0.5, 0.6) is 11.5 Å². The first-order valence-corrected chi connectivity index (χ1v) is 19.2. The van der Waals surface area contributed by atoms with Crippen LogP contribution in [0.3, 0.4) is 0 Å². The van der Waals surface area contributed by atoms with Gasteiger partial charge in [0.25, 0.3) is 0 Å². The van der Waals surface area contributed by atoms with Crippen LogP contribution in [0.25, 0.3) is 0 Å². The third-order valence-electron chi connectivity index (χ3n) is 10.4. The van der Waals surface area contributed by atoms with Gasteiger partial charge in [-0.25, -0.2) is 0 Å². The van der Waals surface area contributed by atoms with E-state index in [4.69, 9.17) is 19.3 Å². The highest BCUT2D eigenvalue weighted by molar-refractivity contribution is 5.74. The molecule has 0 spiro atoms. The summed E-state index contributed by atoms with van der Waals surface area (Å²) >= 11 is 0. The second-order valence-corrected chi connectivity index (χ2v) is 15.5. The van der Waals surface area contributed by atoms with Crippen LogP contribution in [-0.4, -0.2) is 35.9 Å². The monoisotopic (exact) mass is 659 g/mol. The van der Waals surface area contributed by atoms with E-state index in [1.807, 2.05) is 6.92 Å². The zero-order valence-corrected chi connectivity index (χ0v) is 31.6. The molecule has 0 aliphatic carbocycles. The Morgan fingerprint density at radius 2 is 1.30 bits per heavy atom. The Kier molecular flexibility index (Phi) is 19.1. The zero-order valence-electron chi connectivity index (χ0n) is 31.6. The Balaban J connectivity index is 1.75. The fraction of sp³-hybridized carbons (Fsp3) is 0.805. The van der Waals surface area contributed by atoms with Gasteiger partial charge in [0.2, 0.25) is 0 Å². The van der Waals surface area contributed by atoms with E-state index in [2.05, 4.69) is 48.5 Å². The lowest BCUT2D eigenvalue weighted by Crippen LogP contribution is -2.37. The quantitative estimate of drug-likeness (QED) is 0.0676. The lowest BCUT2D eigenvalue weighted by Gasteiger charge is -2.38. The summed E-state index contributed by atoms with van der Waals surface area (Å²) in [5.74, 6) is 3.75. The van der Waals surface area contributed by atoms with Crippen molar-refractivity contribution in [1.29, 1.82) is 0 Å². The fourth-order valence-corrected chi connectivity index (χ4v) is 7.06. The summed E-state index contributed by atoms with van der Waals surface area (Å²) in [6.45, 7) is 18.0. The molecule has 1 N–H and O–H groups in total. The van der Waals surface area contributed by atoms with Crippen molar-refractivity contribution >= 4 is 11.9 Å². The molecule has 2 rings (SSSR count). The summed E-state index contributed by atoms with van der Waals surface area (Å²) < 4.78 is 17.7. The number of fused-ring (bicyclic) bond motifs is 1. The highest BCUT2D eigenvalue weighted by atomic mass is 16.5. The Hall–Kier alpha value is -2.08. The maximum Gasteiger partial charge on any atom is 0.311 e. The van der Waals surface area contributed by atoms with E-state index in [0.29, 0.717) is 12.8 Å². The molecule has 1 aromatic carbocycles. The van der Waals surface area contributed by atoms with Crippen LogP contribution >= 0.6 is 0 Å². The van der Waals surface area contributed by atoms with E-state index < -0.39 is 0 Å². The number of carbonyl (C=O) groups is 2. The molecule has 0 aromatic heterocycles. The minimum absolute atomic E-state index is 0.0739. The maximum absolute atomic E-state index is 12.8. The molecule has 1 aromatic rings. The van der Waals surface area contributed by atoms with Crippen molar-refractivity contribution in [2.45, 2.75) is 183 Å². The van der Waals surface area contributed by atoms with Gasteiger partial charge in [-0.1, -0.05) is 98.3 Å². The molecule has 0 saturated heterocycles. The largest absolute Gasteiger partial charge is 0.487 e. The average molecular weight is 659 g/mol. The van der Waals surface area contributed by atoms with Gasteiger partial charge in [-0.3, -0.25) is 9.59 Å². The van der Waals surface area contributed by atoms with E-state index in [-0.39, 0.29) is 30.8 Å². The van der Waals surface area contributed by atoms with E-state index in [9.17, 15) is 9.59 Å². The Bertz CT molecular complexity index is 1080. The number of carbonyl (C=O) groups excluding carboxylic acids is 2. The van der Waals surface area contributed by atoms with Crippen LogP contribution in [-0.2, 0) is 20.7 Å². The standard InChI is InChI=1S/C41H70O6/c1-30(2)18-15-19-31(3)20-16-21-32(4)22-17-26-41(8)27-25-36-35(7)39(33(5)34(6)40(36)47-41)46-38(44)24-14-12-10-9-11-13-23-37(43)45-29-28-42/h30-32,42H,9-29H2,1-8H3. The van der Waals surface area contributed by atoms with Crippen LogP contribution in [0.2, 0.25) is 0 Å². The van der Waals surface area contributed by atoms with Crippen LogP contribution in [0.15, 0.2) is 0 Å². The third-order valence-corrected chi connectivity index (χ3v) is 10.4. The number of rotatable bonds is 24. The summed E-state index contributed by atoms with van der Waals surface area (Å²) in [5.41, 5.74) is 4.19. The predicted octanol–water partition coefficient (Wildman–Crippen LogP) is 10.7. The summed E-state index contributed by atoms with van der Waals surface area (Å²) in [6, 6.07) is 0. The molecular weight excluding hydrogens is 588 g/mol. The number of aliphatic hydroxyl groups excluding tert-OH is 1. The van der Waals surface area contributed by atoms with Crippen LogP contribution in [0.4, 0.5) is 0 Å². The van der Waals surface area contributed by atoms with E-state index in [1.165, 1.54) is 56.9 Å². The number of hydrogen-bond acceptors (Lipinski definition) is 6. The lowest BCUT2D eigenvalue weighted by molar-refractivity contribution is -0.144. The Morgan fingerprint density at radius 1 is 0.745 bits per heavy atom. The van der Waals surface area contributed by atoms with Crippen LogP contribution in [0.1, 0.15) is 172 Å². The van der Waals surface area contributed by atoms with Crippen molar-refractivity contribution in [2.24, 2.45) is 17.8 Å². The molecule has 6 heteroatoms. The third kappa shape index (κ3) is 15.3. The topological polar surface area (TPSA) is 82.1 Å². The van der Waals surface area contributed by atoms with Crippen LogP contribution < -0.4 is 9.47 Å². The molecule has 3 atom stereocenters. The van der Waals surface area contributed by atoms with Crippen molar-refractivity contribution < 1.29 is 28.9 Å². The minimum atomic E-state index is -0.246. The predicted molar refractivity (Wildman–Crippen MR) is 193 cm³/mol. The summed E-state index contributed by atoms with van der Waals surface area (Å²) in [4.78, 5) is 24.3. The first-order chi connectivity index (χ1) is 22.4. The maximum atomic E-state index is 12.8. The summed E-state index contributed by atoms with van der Waals surface area (Å²) in [7, 11) is 0. The number of benzene rings is 1. The van der Waals surface area contributed by atoms with Crippen molar-refractivity contribution in [1.82, 2.24) is 0 Å². The molecule has 270 valence electrons. The highest BCUT2D eigenvalue weighted by Crippen LogP contribution is 2.45. The number of aliphatic hydroxyl groups is 1. The van der Waals surface area contributed by atoms with Gasteiger partial charge in [0, 0.05) is 18.4 Å². The summed E-state index contributed by atoms with van der Waals surface area (Å²) in [5, 5.41) is 8.70. The van der Waals surface area contributed by atoms with E-state index >= 15 is 0 Å². The van der Waals surface area contributed by atoms with Crippen molar-refractivity contribution in [2.75, 3.05) is 13.2 Å². The number of hydrogen-bond donors (Lipinski definition) is 1. The molecule has 0 bridgehead atoms. The normalized spacial score (nSPS) is 17.2. The minimum Gasteiger partial charge on any atom is -0.487 e.